The normalized spacial score (nSPS) is 11.6. The lowest BCUT2D eigenvalue weighted by molar-refractivity contribution is 0.483. The Morgan fingerprint density at radius 2 is 0.885 bits per heavy atom. The summed E-state index contributed by atoms with van der Waals surface area (Å²) in [5, 5.41) is 8.14. The first-order chi connectivity index (χ1) is 12.5. The molecule has 0 heterocycles. The lowest BCUT2D eigenvalue weighted by atomic mass is 9.95. The summed E-state index contributed by atoms with van der Waals surface area (Å²) in [7, 11) is -4.00. The number of rotatable bonds is 1. The quantitative estimate of drug-likeness (QED) is 0.316. The maximum Gasteiger partial charge on any atom is 0.294 e. The minimum atomic E-state index is -4.00. The summed E-state index contributed by atoms with van der Waals surface area (Å²) in [5.74, 6) is 0. The van der Waals surface area contributed by atoms with Gasteiger partial charge in [0.05, 0.1) is 4.90 Å². The van der Waals surface area contributed by atoms with Gasteiger partial charge >= 0.3 is 0 Å². The van der Waals surface area contributed by atoms with E-state index in [9.17, 15) is 8.42 Å². The Kier molecular flexibility index (Phi) is 4.07. The molecular formula is C22H16O3S. The number of benzene rings is 5. The summed E-state index contributed by atoms with van der Waals surface area (Å²) in [6, 6.07) is 29.3. The molecule has 5 rings (SSSR count). The highest BCUT2D eigenvalue weighted by atomic mass is 32.2. The van der Waals surface area contributed by atoms with E-state index in [0.29, 0.717) is 0 Å². The average molecular weight is 360 g/mol. The van der Waals surface area contributed by atoms with E-state index in [1.165, 1.54) is 44.5 Å². The third-order valence-electron chi connectivity index (χ3n) is 4.43. The van der Waals surface area contributed by atoms with E-state index in [1.54, 1.807) is 18.2 Å². The molecule has 5 aromatic carbocycles. The Bertz CT molecular complexity index is 1160. The van der Waals surface area contributed by atoms with Crippen LogP contribution in [0, 0.1) is 0 Å². The average Bonchev–Trinajstić information content (AvgIpc) is 2.67. The van der Waals surface area contributed by atoms with Gasteiger partial charge in [-0.05, 0) is 44.5 Å². The molecule has 0 aliphatic carbocycles. The van der Waals surface area contributed by atoms with Gasteiger partial charge in [-0.3, -0.25) is 4.55 Å². The third-order valence-corrected chi connectivity index (χ3v) is 5.30. The van der Waals surface area contributed by atoms with E-state index in [0.717, 1.165) is 0 Å². The highest BCUT2D eigenvalue weighted by molar-refractivity contribution is 7.85. The molecule has 1 N–H and O–H groups in total. The molecule has 0 aliphatic rings. The molecule has 4 heteroatoms. The smallest absolute Gasteiger partial charge is 0.282 e. The van der Waals surface area contributed by atoms with Crippen molar-refractivity contribution in [3.8, 4) is 0 Å². The van der Waals surface area contributed by atoms with Gasteiger partial charge in [-0.15, -0.1) is 0 Å². The topological polar surface area (TPSA) is 54.4 Å². The van der Waals surface area contributed by atoms with Crippen LogP contribution < -0.4 is 0 Å². The molecule has 0 bridgehead atoms. The van der Waals surface area contributed by atoms with Crippen molar-refractivity contribution >= 4 is 42.4 Å². The van der Waals surface area contributed by atoms with Crippen LogP contribution in [-0.2, 0) is 10.1 Å². The van der Waals surface area contributed by atoms with Crippen LogP contribution in [0.2, 0.25) is 0 Å². The fraction of sp³-hybridized carbons (Fsp3) is 0. The number of hydrogen-bond donors (Lipinski definition) is 1. The SMILES string of the molecule is O=S(=O)(O)c1ccccc1.c1cc2ccc3cccc4ccc(c1)c2c34. The highest BCUT2D eigenvalue weighted by Gasteiger charge is 2.06. The van der Waals surface area contributed by atoms with Crippen LogP contribution >= 0.6 is 0 Å². The largest absolute Gasteiger partial charge is 0.294 e. The van der Waals surface area contributed by atoms with Crippen molar-refractivity contribution in [2.75, 3.05) is 0 Å². The standard InChI is InChI=1S/C16H10.C6H6O3S/c1-3-11-7-9-13-5-2-6-14-10-8-12(4-1)15(11)16(13)14;7-10(8,9)6-4-2-1-3-5-6/h1-10H;1-5H,(H,7,8,9). The highest BCUT2D eigenvalue weighted by Crippen LogP contribution is 2.33. The van der Waals surface area contributed by atoms with E-state index < -0.39 is 10.1 Å². The van der Waals surface area contributed by atoms with Gasteiger partial charge in [0.1, 0.15) is 0 Å². The van der Waals surface area contributed by atoms with Gasteiger partial charge in [-0.25, -0.2) is 0 Å². The van der Waals surface area contributed by atoms with Crippen LogP contribution in [0.1, 0.15) is 0 Å². The zero-order chi connectivity index (χ0) is 18.1. The second kappa shape index (κ2) is 6.41. The van der Waals surface area contributed by atoms with Crippen LogP contribution in [0.15, 0.2) is 95.9 Å². The fourth-order valence-electron chi connectivity index (χ4n) is 3.26. The maximum atomic E-state index is 10.4. The molecule has 0 aromatic heterocycles. The molecule has 3 nitrogen and oxygen atoms in total. The van der Waals surface area contributed by atoms with Gasteiger partial charge in [0, 0.05) is 0 Å². The van der Waals surface area contributed by atoms with Crippen molar-refractivity contribution in [3.05, 3.63) is 91.0 Å². The molecule has 128 valence electrons. The molecular weight excluding hydrogens is 344 g/mol. The molecule has 0 unspecified atom stereocenters. The molecule has 0 spiro atoms. The molecule has 0 saturated carbocycles. The predicted octanol–water partition coefficient (Wildman–Crippen LogP) is 5.52. The molecule has 0 saturated heterocycles. The lowest BCUT2D eigenvalue weighted by Crippen LogP contribution is -1.96. The van der Waals surface area contributed by atoms with Gasteiger partial charge < -0.3 is 0 Å². The van der Waals surface area contributed by atoms with Crippen LogP contribution in [0.25, 0.3) is 32.3 Å². The summed E-state index contributed by atoms with van der Waals surface area (Å²) in [4.78, 5) is -0.0741. The van der Waals surface area contributed by atoms with Crippen molar-refractivity contribution in [2.45, 2.75) is 4.90 Å². The summed E-state index contributed by atoms with van der Waals surface area (Å²) < 4.78 is 29.2. The van der Waals surface area contributed by atoms with Gasteiger partial charge in [-0.2, -0.15) is 8.42 Å². The molecule has 0 atom stereocenters. The zero-order valence-corrected chi connectivity index (χ0v) is 14.6. The van der Waals surface area contributed by atoms with Gasteiger partial charge in [-0.1, -0.05) is 78.9 Å². The molecule has 26 heavy (non-hydrogen) atoms. The third kappa shape index (κ3) is 3.01. The minimum Gasteiger partial charge on any atom is -0.282 e. The van der Waals surface area contributed by atoms with Crippen LogP contribution in [0.3, 0.4) is 0 Å². The van der Waals surface area contributed by atoms with Crippen LogP contribution in [0.5, 0.6) is 0 Å². The van der Waals surface area contributed by atoms with E-state index >= 15 is 0 Å². The van der Waals surface area contributed by atoms with Crippen molar-refractivity contribution in [1.82, 2.24) is 0 Å². The van der Waals surface area contributed by atoms with Crippen molar-refractivity contribution in [3.63, 3.8) is 0 Å². The van der Waals surface area contributed by atoms with Crippen molar-refractivity contribution in [1.29, 1.82) is 0 Å². The Balaban J connectivity index is 0.000000146. The molecule has 0 aliphatic heterocycles. The van der Waals surface area contributed by atoms with E-state index in [-0.39, 0.29) is 4.90 Å². The van der Waals surface area contributed by atoms with Crippen LogP contribution in [0.4, 0.5) is 0 Å². The second-order valence-electron chi connectivity index (χ2n) is 6.08. The van der Waals surface area contributed by atoms with E-state index in [4.69, 9.17) is 4.55 Å². The monoisotopic (exact) mass is 360 g/mol. The van der Waals surface area contributed by atoms with E-state index in [1.807, 2.05) is 0 Å². The summed E-state index contributed by atoms with van der Waals surface area (Å²) in [6.07, 6.45) is 0. The lowest BCUT2D eigenvalue weighted by Gasteiger charge is -2.09. The maximum absolute atomic E-state index is 10.4. The molecule has 0 amide bonds. The van der Waals surface area contributed by atoms with Gasteiger partial charge in [0.25, 0.3) is 10.1 Å². The first-order valence-corrected chi connectivity index (χ1v) is 9.63. The second-order valence-corrected chi connectivity index (χ2v) is 7.50. The first-order valence-electron chi connectivity index (χ1n) is 8.19. The van der Waals surface area contributed by atoms with E-state index in [2.05, 4.69) is 60.7 Å². The molecule has 0 radical (unpaired) electrons. The Labute approximate surface area is 151 Å². The van der Waals surface area contributed by atoms with Crippen LogP contribution in [-0.4, -0.2) is 13.0 Å². The fourth-order valence-corrected chi connectivity index (χ4v) is 3.76. The van der Waals surface area contributed by atoms with Gasteiger partial charge in [0.15, 0.2) is 0 Å². The first kappa shape index (κ1) is 16.5. The minimum absolute atomic E-state index is 0.0741. The predicted molar refractivity (Wildman–Crippen MR) is 106 cm³/mol. The van der Waals surface area contributed by atoms with Crippen molar-refractivity contribution in [2.24, 2.45) is 0 Å². The molecule has 5 aromatic rings. The van der Waals surface area contributed by atoms with Gasteiger partial charge in [0.2, 0.25) is 0 Å². The number of hydrogen-bond acceptors (Lipinski definition) is 2. The Hall–Kier alpha value is -2.95. The molecule has 0 fully saturated rings. The Morgan fingerprint density at radius 1 is 0.500 bits per heavy atom. The zero-order valence-electron chi connectivity index (χ0n) is 13.8. The summed E-state index contributed by atoms with van der Waals surface area (Å²) >= 11 is 0. The Morgan fingerprint density at radius 3 is 1.19 bits per heavy atom. The summed E-state index contributed by atoms with van der Waals surface area (Å²) in [6.45, 7) is 0. The summed E-state index contributed by atoms with van der Waals surface area (Å²) in [5.41, 5.74) is 0. The van der Waals surface area contributed by atoms with Crippen molar-refractivity contribution < 1.29 is 13.0 Å².